The van der Waals surface area contributed by atoms with Crippen LogP contribution >= 0.6 is 0 Å². The molecule has 164 valence electrons. The highest BCUT2D eigenvalue weighted by Crippen LogP contribution is 2.28. The third kappa shape index (κ3) is 4.60. The monoisotopic (exact) mass is 438 g/mol. The predicted molar refractivity (Wildman–Crippen MR) is 123 cm³/mol. The first-order chi connectivity index (χ1) is 14.9. The molecule has 0 unspecified atom stereocenters. The second kappa shape index (κ2) is 8.97. The number of hydrogen-bond donors (Lipinski definition) is 0. The summed E-state index contributed by atoms with van der Waals surface area (Å²) in [6.45, 7) is 6.04. The van der Waals surface area contributed by atoms with E-state index in [1.54, 1.807) is 12.1 Å². The number of carbonyl (C=O) groups is 1. The quantitative estimate of drug-likeness (QED) is 0.724. The summed E-state index contributed by atoms with van der Waals surface area (Å²) in [5.41, 5.74) is 4.56. The topological polar surface area (TPSA) is 57.7 Å². The molecule has 1 amide bonds. The van der Waals surface area contributed by atoms with Gasteiger partial charge in [-0.2, -0.15) is 4.31 Å². The van der Waals surface area contributed by atoms with E-state index in [-0.39, 0.29) is 11.8 Å². The van der Waals surface area contributed by atoms with Gasteiger partial charge in [0.2, 0.25) is 15.9 Å². The highest BCUT2D eigenvalue weighted by Gasteiger charge is 2.34. The summed E-state index contributed by atoms with van der Waals surface area (Å²) in [5, 5.41) is 0. The maximum Gasteiger partial charge on any atom is 0.243 e. The van der Waals surface area contributed by atoms with Crippen LogP contribution in [0.2, 0.25) is 0 Å². The number of piperidine rings is 1. The van der Waals surface area contributed by atoms with Crippen molar-refractivity contribution in [1.82, 2.24) is 9.21 Å². The molecule has 2 aromatic carbocycles. The normalized spacial score (nSPS) is 18.6. The second-order valence-corrected chi connectivity index (χ2v) is 10.5. The minimum Gasteiger partial charge on any atom is -0.338 e. The van der Waals surface area contributed by atoms with Gasteiger partial charge in [-0.15, -0.1) is 0 Å². The van der Waals surface area contributed by atoms with Crippen LogP contribution in [0, 0.1) is 19.8 Å². The molecule has 2 aliphatic rings. The van der Waals surface area contributed by atoms with Crippen LogP contribution in [0.1, 0.15) is 36.0 Å². The van der Waals surface area contributed by atoms with E-state index < -0.39 is 10.0 Å². The molecule has 4 rings (SSSR count). The minimum absolute atomic E-state index is 0.0992. The fourth-order valence-corrected chi connectivity index (χ4v) is 5.96. The third-order valence-electron chi connectivity index (χ3n) is 6.58. The standard InChI is InChI=1S/C25H30N2O3S/c1-19-8-9-24(18-20(19)2)31(29,30)27-16-12-23(13-17-27)25(28)26-14-10-22(11-15-26)21-6-4-3-5-7-21/h3-10,18,23H,11-17H2,1-2H3. The molecule has 2 aliphatic heterocycles. The molecule has 0 atom stereocenters. The Morgan fingerprint density at radius 1 is 0.935 bits per heavy atom. The summed E-state index contributed by atoms with van der Waals surface area (Å²) in [4.78, 5) is 15.3. The Morgan fingerprint density at radius 2 is 1.65 bits per heavy atom. The van der Waals surface area contributed by atoms with Crippen molar-refractivity contribution in [3.8, 4) is 0 Å². The lowest BCUT2D eigenvalue weighted by molar-refractivity contribution is -0.136. The number of carbonyl (C=O) groups excluding carboxylic acids is 1. The Balaban J connectivity index is 1.36. The molecule has 1 saturated heterocycles. The Hall–Kier alpha value is -2.44. The van der Waals surface area contributed by atoms with Crippen molar-refractivity contribution in [2.24, 2.45) is 5.92 Å². The summed E-state index contributed by atoms with van der Waals surface area (Å²) >= 11 is 0. The van der Waals surface area contributed by atoms with E-state index in [2.05, 4.69) is 18.2 Å². The molecule has 0 N–H and O–H groups in total. The van der Waals surface area contributed by atoms with E-state index in [9.17, 15) is 13.2 Å². The van der Waals surface area contributed by atoms with Gasteiger partial charge in [0, 0.05) is 32.1 Å². The fraction of sp³-hybridized carbons (Fsp3) is 0.400. The van der Waals surface area contributed by atoms with Crippen molar-refractivity contribution < 1.29 is 13.2 Å². The van der Waals surface area contributed by atoms with E-state index in [1.807, 2.05) is 43.0 Å². The van der Waals surface area contributed by atoms with Crippen LogP contribution in [0.5, 0.6) is 0 Å². The molecule has 2 aromatic rings. The fourth-order valence-electron chi connectivity index (χ4n) is 4.41. The molecule has 0 bridgehead atoms. The van der Waals surface area contributed by atoms with E-state index in [4.69, 9.17) is 0 Å². The van der Waals surface area contributed by atoms with Crippen molar-refractivity contribution >= 4 is 21.5 Å². The Labute approximate surface area is 185 Å². The zero-order valence-corrected chi connectivity index (χ0v) is 19.1. The molecular weight excluding hydrogens is 408 g/mol. The molecule has 0 radical (unpaired) electrons. The minimum atomic E-state index is -3.51. The maximum atomic E-state index is 13.0. The molecule has 0 aromatic heterocycles. The predicted octanol–water partition coefficient (Wildman–Crippen LogP) is 4.02. The van der Waals surface area contributed by atoms with E-state index >= 15 is 0 Å². The zero-order chi connectivity index (χ0) is 22.0. The zero-order valence-electron chi connectivity index (χ0n) is 18.3. The molecule has 2 heterocycles. The van der Waals surface area contributed by atoms with E-state index in [1.165, 1.54) is 15.4 Å². The van der Waals surface area contributed by atoms with Crippen LogP contribution in [0.3, 0.4) is 0 Å². The molecule has 31 heavy (non-hydrogen) atoms. The highest BCUT2D eigenvalue weighted by atomic mass is 32.2. The van der Waals surface area contributed by atoms with Crippen molar-refractivity contribution in [3.63, 3.8) is 0 Å². The lowest BCUT2D eigenvalue weighted by Crippen LogP contribution is -2.45. The van der Waals surface area contributed by atoms with Gasteiger partial charge in [-0.3, -0.25) is 4.79 Å². The maximum absolute atomic E-state index is 13.0. The first kappa shape index (κ1) is 21.8. The van der Waals surface area contributed by atoms with Crippen LogP contribution in [0.4, 0.5) is 0 Å². The Bertz CT molecular complexity index is 1090. The van der Waals surface area contributed by atoms with Gasteiger partial charge in [0.1, 0.15) is 0 Å². The number of nitrogens with zero attached hydrogens (tertiary/aromatic N) is 2. The Morgan fingerprint density at radius 3 is 2.26 bits per heavy atom. The first-order valence-electron chi connectivity index (χ1n) is 11.0. The SMILES string of the molecule is Cc1ccc(S(=O)(=O)N2CCC(C(=O)N3CC=C(c4ccccc4)CC3)CC2)cc1C. The average molecular weight is 439 g/mol. The molecule has 0 aliphatic carbocycles. The molecule has 5 nitrogen and oxygen atoms in total. The van der Waals surface area contributed by atoms with Gasteiger partial charge in [0.15, 0.2) is 0 Å². The van der Waals surface area contributed by atoms with Gasteiger partial charge in [0.25, 0.3) is 0 Å². The van der Waals surface area contributed by atoms with Crippen LogP contribution < -0.4 is 0 Å². The van der Waals surface area contributed by atoms with Gasteiger partial charge in [-0.25, -0.2) is 8.42 Å². The third-order valence-corrected chi connectivity index (χ3v) is 8.48. The van der Waals surface area contributed by atoms with Gasteiger partial charge in [0.05, 0.1) is 4.90 Å². The van der Waals surface area contributed by atoms with E-state index in [0.29, 0.717) is 37.4 Å². The first-order valence-corrected chi connectivity index (χ1v) is 12.4. The molecule has 6 heteroatoms. The average Bonchev–Trinajstić information content (AvgIpc) is 2.81. The summed E-state index contributed by atoms with van der Waals surface area (Å²) < 4.78 is 27.6. The summed E-state index contributed by atoms with van der Waals surface area (Å²) in [6.07, 6.45) is 4.16. The van der Waals surface area contributed by atoms with Crippen LogP contribution in [0.15, 0.2) is 59.5 Å². The molecule has 1 fully saturated rings. The number of benzene rings is 2. The second-order valence-electron chi connectivity index (χ2n) is 8.55. The van der Waals surface area contributed by atoms with Crippen LogP contribution in [0.25, 0.3) is 5.57 Å². The Kier molecular flexibility index (Phi) is 6.30. The number of aryl methyl sites for hydroxylation is 2. The van der Waals surface area contributed by atoms with Crippen molar-refractivity contribution in [2.45, 2.75) is 38.0 Å². The van der Waals surface area contributed by atoms with Crippen molar-refractivity contribution in [3.05, 3.63) is 71.3 Å². The summed E-state index contributed by atoms with van der Waals surface area (Å²) in [6, 6.07) is 15.6. The lowest BCUT2D eigenvalue weighted by atomic mass is 9.94. The number of amides is 1. The van der Waals surface area contributed by atoms with Gasteiger partial charge < -0.3 is 4.90 Å². The van der Waals surface area contributed by atoms with Crippen molar-refractivity contribution in [2.75, 3.05) is 26.2 Å². The van der Waals surface area contributed by atoms with Gasteiger partial charge in [-0.05, 0) is 67.5 Å². The van der Waals surface area contributed by atoms with Crippen LogP contribution in [-0.2, 0) is 14.8 Å². The molecule has 0 saturated carbocycles. The smallest absolute Gasteiger partial charge is 0.243 e. The summed E-state index contributed by atoms with van der Waals surface area (Å²) in [5.74, 6) is 0.0597. The summed E-state index contributed by atoms with van der Waals surface area (Å²) in [7, 11) is -3.51. The highest BCUT2D eigenvalue weighted by molar-refractivity contribution is 7.89. The molecular formula is C25H30N2O3S. The lowest BCUT2D eigenvalue weighted by Gasteiger charge is -2.35. The van der Waals surface area contributed by atoms with Gasteiger partial charge >= 0.3 is 0 Å². The number of rotatable bonds is 4. The van der Waals surface area contributed by atoms with E-state index in [0.717, 1.165) is 24.1 Å². The largest absolute Gasteiger partial charge is 0.338 e. The number of hydrogen-bond acceptors (Lipinski definition) is 3. The van der Waals surface area contributed by atoms with Crippen molar-refractivity contribution in [1.29, 1.82) is 0 Å². The van der Waals surface area contributed by atoms with Gasteiger partial charge in [-0.1, -0.05) is 42.5 Å². The van der Waals surface area contributed by atoms with Crippen LogP contribution in [-0.4, -0.2) is 49.7 Å². The number of sulfonamides is 1. The molecule has 0 spiro atoms.